The summed E-state index contributed by atoms with van der Waals surface area (Å²) in [4.78, 5) is 0. The van der Waals surface area contributed by atoms with Crippen molar-refractivity contribution in [3.8, 4) is 5.75 Å². The summed E-state index contributed by atoms with van der Waals surface area (Å²) < 4.78 is 13.1. The lowest BCUT2D eigenvalue weighted by atomic mass is 10.3. The highest BCUT2D eigenvalue weighted by molar-refractivity contribution is 9.10. The van der Waals surface area contributed by atoms with Crippen molar-refractivity contribution in [3.63, 3.8) is 0 Å². The fraction of sp³-hybridized carbons (Fsp3) is 0. The molecule has 0 fully saturated rings. The minimum absolute atomic E-state index is 0.0631. The van der Waals surface area contributed by atoms with Gasteiger partial charge in [-0.2, -0.15) is 0 Å². The number of phenols is 1. The van der Waals surface area contributed by atoms with Crippen molar-refractivity contribution in [1.29, 1.82) is 0 Å². The third-order valence-corrected chi connectivity index (χ3v) is 1.50. The van der Waals surface area contributed by atoms with Gasteiger partial charge < -0.3 is 10.8 Å². The van der Waals surface area contributed by atoms with Gasteiger partial charge in [-0.05, 0) is 12.1 Å². The molecule has 0 unspecified atom stereocenters. The lowest BCUT2D eigenvalue weighted by Gasteiger charge is -1.98. The Morgan fingerprint density at radius 3 is 2.60 bits per heavy atom. The summed E-state index contributed by atoms with van der Waals surface area (Å²) in [6, 6.07) is 2.63. The molecule has 0 radical (unpaired) electrons. The molecular weight excluding hydrogens is 201 g/mol. The molecule has 1 aromatic rings. The van der Waals surface area contributed by atoms with Crippen LogP contribution in [0.25, 0.3) is 0 Å². The standard InChI is InChI=1S/C6H5BrFNO/c7-3-1-4(9)6(8)5(10)2-3/h1-2,10H,9H2. The highest BCUT2D eigenvalue weighted by Gasteiger charge is 2.04. The predicted octanol–water partition coefficient (Wildman–Crippen LogP) is 1.88. The monoisotopic (exact) mass is 205 g/mol. The van der Waals surface area contributed by atoms with Crippen molar-refractivity contribution < 1.29 is 9.50 Å². The molecule has 0 spiro atoms. The smallest absolute Gasteiger partial charge is 0.187 e. The van der Waals surface area contributed by atoms with Gasteiger partial charge in [-0.25, -0.2) is 4.39 Å². The van der Waals surface area contributed by atoms with Crippen molar-refractivity contribution in [2.24, 2.45) is 0 Å². The molecule has 0 atom stereocenters. The Labute approximate surface area is 65.6 Å². The molecule has 0 aromatic heterocycles. The van der Waals surface area contributed by atoms with Crippen LogP contribution in [0.1, 0.15) is 0 Å². The summed E-state index contributed by atoms with van der Waals surface area (Å²) in [5, 5.41) is 8.80. The van der Waals surface area contributed by atoms with Gasteiger partial charge in [0.1, 0.15) is 0 Å². The van der Waals surface area contributed by atoms with E-state index in [4.69, 9.17) is 10.8 Å². The van der Waals surface area contributed by atoms with Gasteiger partial charge in [-0.3, -0.25) is 0 Å². The first kappa shape index (κ1) is 7.34. The lowest BCUT2D eigenvalue weighted by molar-refractivity contribution is 0.433. The SMILES string of the molecule is Nc1cc(Br)cc(O)c1F. The van der Waals surface area contributed by atoms with Gasteiger partial charge in [0.05, 0.1) is 5.69 Å². The zero-order valence-corrected chi connectivity index (χ0v) is 6.52. The Morgan fingerprint density at radius 1 is 1.50 bits per heavy atom. The van der Waals surface area contributed by atoms with Gasteiger partial charge in [-0.1, -0.05) is 15.9 Å². The second-order valence-corrected chi connectivity index (χ2v) is 2.74. The average molecular weight is 206 g/mol. The van der Waals surface area contributed by atoms with E-state index in [0.717, 1.165) is 0 Å². The number of halogens is 2. The van der Waals surface area contributed by atoms with Crippen LogP contribution < -0.4 is 5.73 Å². The first-order valence-corrected chi connectivity index (χ1v) is 3.34. The molecular formula is C6H5BrFNO. The summed E-state index contributed by atoms with van der Waals surface area (Å²) in [5.41, 5.74) is 5.09. The first-order chi connectivity index (χ1) is 4.61. The molecule has 1 rings (SSSR count). The first-order valence-electron chi connectivity index (χ1n) is 2.54. The molecule has 0 aliphatic heterocycles. The highest BCUT2D eigenvalue weighted by Crippen LogP contribution is 2.26. The molecule has 54 valence electrons. The normalized spacial score (nSPS) is 9.80. The molecule has 1 aromatic carbocycles. The molecule has 0 aliphatic rings. The van der Waals surface area contributed by atoms with E-state index < -0.39 is 11.6 Å². The van der Waals surface area contributed by atoms with Crippen molar-refractivity contribution in [2.75, 3.05) is 5.73 Å². The second-order valence-electron chi connectivity index (χ2n) is 1.83. The number of aromatic hydroxyl groups is 1. The largest absolute Gasteiger partial charge is 0.505 e. The maximum absolute atomic E-state index is 12.5. The van der Waals surface area contributed by atoms with Gasteiger partial charge in [0.2, 0.25) is 0 Å². The maximum Gasteiger partial charge on any atom is 0.187 e. The highest BCUT2D eigenvalue weighted by atomic mass is 79.9. The second kappa shape index (κ2) is 2.46. The third kappa shape index (κ3) is 1.21. The lowest BCUT2D eigenvalue weighted by Crippen LogP contribution is -1.89. The summed E-state index contributed by atoms with van der Waals surface area (Å²) in [5.74, 6) is -1.21. The fourth-order valence-electron chi connectivity index (χ4n) is 0.595. The third-order valence-electron chi connectivity index (χ3n) is 1.05. The van der Waals surface area contributed by atoms with Crippen LogP contribution in [0.2, 0.25) is 0 Å². The van der Waals surface area contributed by atoms with Crippen LogP contribution in [0.3, 0.4) is 0 Å². The minimum atomic E-state index is -0.775. The van der Waals surface area contributed by atoms with E-state index >= 15 is 0 Å². The number of rotatable bonds is 0. The number of anilines is 1. The Bertz CT molecular complexity index is 241. The van der Waals surface area contributed by atoms with Crippen LogP contribution in [-0.2, 0) is 0 Å². The van der Waals surface area contributed by atoms with Gasteiger partial charge in [0.15, 0.2) is 11.6 Å². The number of hydrogen-bond donors (Lipinski definition) is 2. The molecule has 0 amide bonds. The molecule has 10 heavy (non-hydrogen) atoms. The maximum atomic E-state index is 12.5. The number of nitrogens with two attached hydrogens (primary N) is 1. The zero-order valence-electron chi connectivity index (χ0n) is 4.94. The number of hydrogen-bond acceptors (Lipinski definition) is 2. The van der Waals surface area contributed by atoms with Gasteiger partial charge in [-0.15, -0.1) is 0 Å². The topological polar surface area (TPSA) is 46.2 Å². The van der Waals surface area contributed by atoms with Crippen LogP contribution in [0.4, 0.5) is 10.1 Å². The van der Waals surface area contributed by atoms with E-state index in [1.807, 2.05) is 0 Å². The van der Waals surface area contributed by atoms with E-state index in [9.17, 15) is 4.39 Å². The quantitative estimate of drug-likeness (QED) is 0.636. The number of benzene rings is 1. The van der Waals surface area contributed by atoms with Crippen LogP contribution >= 0.6 is 15.9 Å². The molecule has 4 heteroatoms. The van der Waals surface area contributed by atoms with E-state index in [1.165, 1.54) is 12.1 Å². The van der Waals surface area contributed by atoms with E-state index in [1.54, 1.807) is 0 Å². The van der Waals surface area contributed by atoms with E-state index in [-0.39, 0.29) is 5.69 Å². The summed E-state index contributed by atoms with van der Waals surface area (Å²) in [7, 11) is 0. The molecule has 2 nitrogen and oxygen atoms in total. The molecule has 3 N–H and O–H groups in total. The minimum Gasteiger partial charge on any atom is -0.505 e. The van der Waals surface area contributed by atoms with Crippen molar-refractivity contribution in [3.05, 3.63) is 22.4 Å². The average Bonchev–Trinajstić information content (AvgIpc) is 1.82. The van der Waals surface area contributed by atoms with E-state index in [0.29, 0.717) is 4.47 Å². The van der Waals surface area contributed by atoms with Crippen LogP contribution in [0.15, 0.2) is 16.6 Å². The fourth-order valence-corrected chi connectivity index (χ4v) is 1.06. The molecule has 0 saturated heterocycles. The Kier molecular flexibility index (Phi) is 1.80. The van der Waals surface area contributed by atoms with Gasteiger partial charge >= 0.3 is 0 Å². The van der Waals surface area contributed by atoms with Crippen LogP contribution in [0.5, 0.6) is 5.75 Å². The van der Waals surface area contributed by atoms with Crippen LogP contribution in [-0.4, -0.2) is 5.11 Å². The zero-order chi connectivity index (χ0) is 7.72. The van der Waals surface area contributed by atoms with Crippen LogP contribution in [0, 0.1) is 5.82 Å². The predicted molar refractivity (Wildman–Crippen MR) is 40.2 cm³/mol. The molecule has 0 heterocycles. The number of phenolic OH excluding ortho intramolecular Hbond substituents is 1. The molecule has 0 bridgehead atoms. The molecule has 0 saturated carbocycles. The summed E-state index contributed by atoms with van der Waals surface area (Å²) in [6.07, 6.45) is 0. The van der Waals surface area contributed by atoms with Gasteiger partial charge in [0.25, 0.3) is 0 Å². The Morgan fingerprint density at radius 2 is 2.10 bits per heavy atom. The molecule has 0 aliphatic carbocycles. The van der Waals surface area contributed by atoms with Crippen molar-refractivity contribution in [1.82, 2.24) is 0 Å². The van der Waals surface area contributed by atoms with Gasteiger partial charge in [0, 0.05) is 4.47 Å². The summed E-state index contributed by atoms with van der Waals surface area (Å²) in [6.45, 7) is 0. The summed E-state index contributed by atoms with van der Waals surface area (Å²) >= 11 is 3.04. The number of nitrogen functional groups attached to an aromatic ring is 1. The Balaban J connectivity index is 3.31. The van der Waals surface area contributed by atoms with E-state index in [2.05, 4.69) is 15.9 Å². The van der Waals surface area contributed by atoms with Crippen molar-refractivity contribution >= 4 is 21.6 Å². The Hall–Kier alpha value is -0.770. The van der Waals surface area contributed by atoms with Crippen molar-refractivity contribution in [2.45, 2.75) is 0 Å².